The molecule has 106 valence electrons. The van der Waals surface area contributed by atoms with Gasteiger partial charge in [-0.15, -0.1) is 0 Å². The molecule has 1 aromatic heterocycles. The Bertz CT molecular complexity index is 458. The largest absolute Gasteiger partial charge is 0.481 e. The van der Waals surface area contributed by atoms with Gasteiger partial charge in [0.2, 0.25) is 0 Å². The van der Waals surface area contributed by atoms with E-state index < -0.39 is 5.97 Å². The quantitative estimate of drug-likeness (QED) is 0.880. The summed E-state index contributed by atoms with van der Waals surface area (Å²) in [5.74, 6) is -0.808. The summed E-state index contributed by atoms with van der Waals surface area (Å²) in [6, 6.07) is 0.230. The number of aryl methyl sites for hydroxylation is 2. The summed E-state index contributed by atoms with van der Waals surface area (Å²) in [6.45, 7) is 6.20. The predicted octanol–water partition coefficient (Wildman–Crippen LogP) is 0.965. The standard InChI is InChI=1S/C13H21N3O3/c1-9-12(8-15(3)14-9)10(2)16-4-5-19-11(7-16)6-13(17)18/h8,10-11H,4-7H2,1-3H3,(H,17,18). The number of carboxylic acids is 1. The molecule has 0 amide bonds. The van der Waals surface area contributed by atoms with Crippen molar-refractivity contribution in [1.82, 2.24) is 14.7 Å². The van der Waals surface area contributed by atoms with E-state index in [1.807, 2.05) is 24.9 Å². The smallest absolute Gasteiger partial charge is 0.306 e. The molecule has 6 heteroatoms. The molecule has 2 heterocycles. The van der Waals surface area contributed by atoms with Gasteiger partial charge < -0.3 is 9.84 Å². The van der Waals surface area contributed by atoms with Crippen molar-refractivity contribution >= 4 is 5.97 Å². The first-order chi connectivity index (χ1) is 8.97. The Morgan fingerprint density at radius 2 is 2.42 bits per heavy atom. The van der Waals surface area contributed by atoms with Crippen molar-refractivity contribution in [2.45, 2.75) is 32.4 Å². The van der Waals surface area contributed by atoms with E-state index in [0.29, 0.717) is 13.2 Å². The molecule has 0 bridgehead atoms. The van der Waals surface area contributed by atoms with Gasteiger partial charge >= 0.3 is 5.97 Å². The number of aromatic nitrogens is 2. The van der Waals surface area contributed by atoms with E-state index in [9.17, 15) is 4.79 Å². The van der Waals surface area contributed by atoms with E-state index in [-0.39, 0.29) is 18.6 Å². The average molecular weight is 267 g/mol. The number of rotatable bonds is 4. The van der Waals surface area contributed by atoms with Crippen molar-refractivity contribution in [3.63, 3.8) is 0 Å². The Morgan fingerprint density at radius 1 is 1.68 bits per heavy atom. The molecule has 1 aromatic rings. The molecule has 6 nitrogen and oxygen atoms in total. The van der Waals surface area contributed by atoms with Crippen LogP contribution in [0.5, 0.6) is 0 Å². The minimum Gasteiger partial charge on any atom is -0.481 e. The highest BCUT2D eigenvalue weighted by molar-refractivity contribution is 5.67. The first kappa shape index (κ1) is 14.0. The monoisotopic (exact) mass is 267 g/mol. The van der Waals surface area contributed by atoms with Crippen LogP contribution in [0.25, 0.3) is 0 Å². The van der Waals surface area contributed by atoms with Crippen LogP contribution in [0.3, 0.4) is 0 Å². The van der Waals surface area contributed by atoms with Gasteiger partial charge in [-0.2, -0.15) is 5.10 Å². The van der Waals surface area contributed by atoms with Gasteiger partial charge in [0, 0.05) is 37.9 Å². The van der Waals surface area contributed by atoms with Gasteiger partial charge in [-0.1, -0.05) is 0 Å². The molecule has 0 radical (unpaired) electrons. The third kappa shape index (κ3) is 3.33. The van der Waals surface area contributed by atoms with E-state index in [1.165, 1.54) is 5.56 Å². The summed E-state index contributed by atoms with van der Waals surface area (Å²) in [5.41, 5.74) is 2.22. The third-order valence-corrected chi connectivity index (χ3v) is 3.62. The summed E-state index contributed by atoms with van der Waals surface area (Å²) in [6.07, 6.45) is 1.88. The molecule has 0 aliphatic carbocycles. The minimum atomic E-state index is -0.808. The van der Waals surface area contributed by atoms with E-state index in [4.69, 9.17) is 9.84 Å². The number of carbonyl (C=O) groups is 1. The number of hydrogen-bond donors (Lipinski definition) is 1. The van der Waals surface area contributed by atoms with Crippen LogP contribution in [0.1, 0.15) is 30.6 Å². The second-order valence-electron chi connectivity index (χ2n) is 5.11. The normalized spacial score (nSPS) is 22.4. The maximum absolute atomic E-state index is 10.8. The van der Waals surface area contributed by atoms with Gasteiger partial charge in [0.1, 0.15) is 0 Å². The van der Waals surface area contributed by atoms with Crippen LogP contribution < -0.4 is 0 Å². The summed E-state index contributed by atoms with van der Waals surface area (Å²) in [5, 5.41) is 13.2. The Kier molecular flexibility index (Phi) is 4.21. The van der Waals surface area contributed by atoms with E-state index in [0.717, 1.165) is 12.2 Å². The highest BCUT2D eigenvalue weighted by atomic mass is 16.5. The highest BCUT2D eigenvalue weighted by Gasteiger charge is 2.27. The number of nitrogens with zero attached hydrogens (tertiary/aromatic N) is 3. The summed E-state index contributed by atoms with van der Waals surface area (Å²) < 4.78 is 7.31. The van der Waals surface area contributed by atoms with Crippen molar-refractivity contribution in [3.05, 3.63) is 17.5 Å². The lowest BCUT2D eigenvalue weighted by Gasteiger charge is -2.36. The molecule has 2 unspecified atom stereocenters. The van der Waals surface area contributed by atoms with Crippen LogP contribution in [-0.2, 0) is 16.6 Å². The molecule has 0 spiro atoms. The Morgan fingerprint density at radius 3 is 3.00 bits per heavy atom. The van der Waals surface area contributed by atoms with Crippen molar-refractivity contribution in [1.29, 1.82) is 0 Å². The van der Waals surface area contributed by atoms with Crippen molar-refractivity contribution < 1.29 is 14.6 Å². The second-order valence-corrected chi connectivity index (χ2v) is 5.11. The second kappa shape index (κ2) is 5.71. The van der Waals surface area contributed by atoms with Gasteiger partial charge in [0.05, 0.1) is 24.8 Å². The molecule has 0 aromatic carbocycles. The van der Waals surface area contributed by atoms with Crippen LogP contribution in [0.15, 0.2) is 6.20 Å². The van der Waals surface area contributed by atoms with Crippen LogP contribution in [0.4, 0.5) is 0 Å². The first-order valence-corrected chi connectivity index (χ1v) is 6.55. The molecule has 1 aliphatic rings. The number of ether oxygens (including phenoxy) is 1. The molecule has 1 N–H and O–H groups in total. The van der Waals surface area contributed by atoms with E-state index in [2.05, 4.69) is 16.9 Å². The predicted molar refractivity (Wildman–Crippen MR) is 69.9 cm³/mol. The van der Waals surface area contributed by atoms with Gasteiger partial charge in [0.15, 0.2) is 0 Å². The van der Waals surface area contributed by atoms with Gasteiger partial charge in [-0.25, -0.2) is 0 Å². The van der Waals surface area contributed by atoms with Crippen molar-refractivity contribution in [2.24, 2.45) is 7.05 Å². The fraction of sp³-hybridized carbons (Fsp3) is 0.692. The first-order valence-electron chi connectivity index (χ1n) is 6.55. The summed E-state index contributed by atoms with van der Waals surface area (Å²) >= 11 is 0. The number of morpholine rings is 1. The zero-order valence-electron chi connectivity index (χ0n) is 11.7. The molecule has 2 rings (SSSR count). The molecule has 1 saturated heterocycles. The fourth-order valence-electron chi connectivity index (χ4n) is 2.64. The number of aliphatic carboxylic acids is 1. The van der Waals surface area contributed by atoms with Crippen LogP contribution in [-0.4, -0.2) is 51.6 Å². The number of hydrogen-bond acceptors (Lipinski definition) is 4. The SMILES string of the molecule is Cc1nn(C)cc1C(C)N1CCOC(CC(=O)O)C1. The average Bonchev–Trinajstić information content (AvgIpc) is 2.67. The fourth-order valence-corrected chi connectivity index (χ4v) is 2.64. The van der Waals surface area contributed by atoms with Gasteiger partial charge in [-0.05, 0) is 13.8 Å². The van der Waals surface area contributed by atoms with Crippen LogP contribution >= 0.6 is 0 Å². The lowest BCUT2D eigenvalue weighted by Crippen LogP contribution is -2.44. The third-order valence-electron chi connectivity index (χ3n) is 3.62. The van der Waals surface area contributed by atoms with Crippen LogP contribution in [0, 0.1) is 6.92 Å². The van der Waals surface area contributed by atoms with Crippen LogP contribution in [0.2, 0.25) is 0 Å². The van der Waals surface area contributed by atoms with Gasteiger partial charge in [0.25, 0.3) is 0 Å². The van der Waals surface area contributed by atoms with E-state index in [1.54, 1.807) is 0 Å². The maximum Gasteiger partial charge on any atom is 0.306 e. The molecular weight excluding hydrogens is 246 g/mol. The van der Waals surface area contributed by atoms with E-state index >= 15 is 0 Å². The molecule has 0 saturated carbocycles. The van der Waals surface area contributed by atoms with Crippen molar-refractivity contribution in [2.75, 3.05) is 19.7 Å². The zero-order chi connectivity index (χ0) is 14.0. The minimum absolute atomic E-state index is 0.0647. The maximum atomic E-state index is 10.8. The van der Waals surface area contributed by atoms with Crippen molar-refractivity contribution in [3.8, 4) is 0 Å². The van der Waals surface area contributed by atoms with Gasteiger partial charge in [-0.3, -0.25) is 14.4 Å². The topological polar surface area (TPSA) is 67.6 Å². The number of carboxylic acid groups (broad SMARTS) is 1. The molecule has 19 heavy (non-hydrogen) atoms. The molecule has 1 fully saturated rings. The lowest BCUT2D eigenvalue weighted by atomic mass is 10.1. The molecular formula is C13H21N3O3. The summed E-state index contributed by atoms with van der Waals surface area (Å²) in [4.78, 5) is 13.0. The Labute approximate surface area is 113 Å². The molecule has 1 aliphatic heterocycles. The lowest BCUT2D eigenvalue weighted by molar-refractivity contribution is -0.142. The Balaban J connectivity index is 2.04. The Hall–Kier alpha value is -1.40. The zero-order valence-corrected chi connectivity index (χ0v) is 11.7. The summed E-state index contributed by atoms with van der Waals surface area (Å²) in [7, 11) is 1.91. The highest BCUT2D eigenvalue weighted by Crippen LogP contribution is 2.25. The molecule has 2 atom stereocenters.